The number of benzene rings is 1. The van der Waals surface area contributed by atoms with Gasteiger partial charge in [0.1, 0.15) is 34.2 Å². The molecule has 3 aromatic rings. The molecule has 0 bridgehead atoms. The molecule has 1 amide bonds. The predicted molar refractivity (Wildman–Crippen MR) is 123 cm³/mol. The Morgan fingerprint density at radius 3 is 2.76 bits per heavy atom. The number of carbonyl (C=O) groups excluding carboxylic acids is 1. The van der Waals surface area contributed by atoms with Crippen molar-refractivity contribution in [2.24, 2.45) is 0 Å². The molecule has 0 spiro atoms. The number of rotatable bonds is 5. The van der Waals surface area contributed by atoms with Crippen LogP contribution in [0.5, 0.6) is 0 Å². The second kappa shape index (κ2) is 9.11. The Labute approximate surface area is 193 Å². The average Bonchev–Trinajstić information content (AvgIpc) is 3.41. The van der Waals surface area contributed by atoms with E-state index in [-0.39, 0.29) is 17.0 Å². The third-order valence-corrected chi connectivity index (χ3v) is 6.69. The molecule has 0 saturated carbocycles. The molecule has 0 saturated heterocycles. The third kappa shape index (κ3) is 4.40. The number of fused-ring (bicyclic) bond motifs is 1. The van der Waals surface area contributed by atoms with Gasteiger partial charge in [-0.1, -0.05) is 12.1 Å². The zero-order valence-corrected chi connectivity index (χ0v) is 18.5. The van der Waals surface area contributed by atoms with E-state index in [4.69, 9.17) is 4.42 Å². The van der Waals surface area contributed by atoms with Gasteiger partial charge in [0.2, 0.25) is 0 Å². The van der Waals surface area contributed by atoms with Gasteiger partial charge in [-0.05, 0) is 50.3 Å². The highest BCUT2D eigenvalue weighted by atomic mass is 32.1. The summed E-state index contributed by atoms with van der Waals surface area (Å²) in [4.78, 5) is 24.6. The van der Waals surface area contributed by atoms with Crippen molar-refractivity contribution in [1.82, 2.24) is 0 Å². The summed E-state index contributed by atoms with van der Waals surface area (Å²) in [6.45, 7) is 1.65. The lowest BCUT2D eigenvalue weighted by molar-refractivity contribution is -0.385. The van der Waals surface area contributed by atoms with E-state index in [2.05, 4.69) is 11.4 Å². The number of hydrogen-bond acceptors (Lipinski definition) is 7. The number of thiophene rings is 1. The van der Waals surface area contributed by atoms with Gasteiger partial charge >= 0.3 is 0 Å². The molecule has 2 aromatic heterocycles. The van der Waals surface area contributed by atoms with Gasteiger partial charge < -0.3 is 9.73 Å². The zero-order chi connectivity index (χ0) is 23.5. The summed E-state index contributed by atoms with van der Waals surface area (Å²) in [6, 6.07) is 12.0. The predicted octanol–water partition coefficient (Wildman–Crippen LogP) is 5.52. The van der Waals surface area contributed by atoms with Gasteiger partial charge in [0.15, 0.2) is 0 Å². The zero-order valence-electron chi connectivity index (χ0n) is 17.7. The molecule has 2 heterocycles. The molecule has 1 aromatic carbocycles. The standard InChI is InChI=1S/C24H18N4O4S/c1-14-6-7-15(11-20(14)28(30)31)21-9-8-17(32-21)10-16(12-25)23(29)27-24-19(13-26)18-4-2-3-5-22(18)33-24/h6-11H,2-5H2,1H3,(H,27,29)/b16-10+. The molecular formula is C24H18N4O4S. The summed E-state index contributed by atoms with van der Waals surface area (Å²) < 4.78 is 5.71. The van der Waals surface area contributed by atoms with Gasteiger partial charge in [-0.25, -0.2) is 0 Å². The van der Waals surface area contributed by atoms with Gasteiger partial charge in [-0.2, -0.15) is 10.5 Å². The quantitative estimate of drug-likeness (QED) is 0.232. The molecule has 4 rings (SSSR count). The highest BCUT2D eigenvalue weighted by molar-refractivity contribution is 7.16. The molecule has 8 nitrogen and oxygen atoms in total. The first-order valence-corrected chi connectivity index (χ1v) is 11.1. The normalized spacial score (nSPS) is 13.0. The molecule has 1 aliphatic rings. The molecule has 1 N–H and O–H groups in total. The summed E-state index contributed by atoms with van der Waals surface area (Å²) in [5, 5.41) is 33.4. The van der Waals surface area contributed by atoms with E-state index in [0.717, 1.165) is 36.1 Å². The van der Waals surface area contributed by atoms with E-state index in [1.54, 1.807) is 31.2 Å². The maximum Gasteiger partial charge on any atom is 0.273 e. The molecule has 0 atom stereocenters. The van der Waals surface area contributed by atoms with E-state index in [1.165, 1.54) is 23.5 Å². The Balaban J connectivity index is 1.58. The average molecular weight is 458 g/mol. The first-order chi connectivity index (χ1) is 15.9. The Hall–Kier alpha value is -4.21. The summed E-state index contributed by atoms with van der Waals surface area (Å²) in [5.74, 6) is 0.00201. The molecule has 0 fully saturated rings. The molecule has 0 aliphatic heterocycles. The number of furan rings is 1. The Bertz CT molecular complexity index is 1380. The second-order valence-corrected chi connectivity index (χ2v) is 8.72. The van der Waals surface area contributed by atoms with Crippen molar-refractivity contribution in [3.63, 3.8) is 0 Å². The third-order valence-electron chi connectivity index (χ3n) is 5.48. The van der Waals surface area contributed by atoms with Crippen LogP contribution in [0.1, 0.15) is 40.2 Å². The van der Waals surface area contributed by atoms with Crippen LogP contribution in [-0.2, 0) is 17.6 Å². The van der Waals surface area contributed by atoms with E-state index in [0.29, 0.717) is 27.5 Å². The van der Waals surface area contributed by atoms with Crippen LogP contribution in [0.4, 0.5) is 10.7 Å². The molecule has 0 unspecified atom stereocenters. The Morgan fingerprint density at radius 1 is 1.24 bits per heavy atom. The Morgan fingerprint density at radius 2 is 2.03 bits per heavy atom. The van der Waals surface area contributed by atoms with E-state index in [9.17, 15) is 25.4 Å². The maximum absolute atomic E-state index is 12.7. The fourth-order valence-electron chi connectivity index (χ4n) is 3.78. The molecular weight excluding hydrogens is 440 g/mol. The maximum atomic E-state index is 12.7. The van der Waals surface area contributed by atoms with Crippen molar-refractivity contribution in [2.75, 3.05) is 5.32 Å². The fourth-order valence-corrected chi connectivity index (χ4v) is 5.01. The molecule has 164 valence electrons. The molecule has 9 heteroatoms. The minimum Gasteiger partial charge on any atom is -0.457 e. The van der Waals surface area contributed by atoms with Crippen molar-refractivity contribution >= 4 is 34.0 Å². The number of nitro benzene ring substituents is 1. The monoisotopic (exact) mass is 458 g/mol. The van der Waals surface area contributed by atoms with E-state index < -0.39 is 10.8 Å². The summed E-state index contributed by atoms with van der Waals surface area (Å²) in [7, 11) is 0. The first kappa shape index (κ1) is 22.0. The van der Waals surface area contributed by atoms with Gasteiger partial charge in [0.05, 0.1) is 10.5 Å². The van der Waals surface area contributed by atoms with Gasteiger partial charge in [-0.15, -0.1) is 11.3 Å². The smallest absolute Gasteiger partial charge is 0.273 e. The summed E-state index contributed by atoms with van der Waals surface area (Å²) >= 11 is 1.39. The number of aryl methyl sites for hydroxylation is 2. The molecule has 33 heavy (non-hydrogen) atoms. The fraction of sp³-hybridized carbons (Fsp3) is 0.208. The summed E-state index contributed by atoms with van der Waals surface area (Å²) in [6.07, 6.45) is 5.08. The number of nitrogens with zero attached hydrogens (tertiary/aromatic N) is 3. The van der Waals surface area contributed by atoms with E-state index >= 15 is 0 Å². The number of nitrogens with one attached hydrogen (secondary N) is 1. The van der Waals surface area contributed by atoms with Crippen LogP contribution in [0.3, 0.4) is 0 Å². The van der Waals surface area contributed by atoms with Crippen LogP contribution in [0.25, 0.3) is 17.4 Å². The van der Waals surface area contributed by atoms with Crippen molar-refractivity contribution in [3.05, 3.63) is 73.3 Å². The first-order valence-electron chi connectivity index (χ1n) is 10.2. The van der Waals surface area contributed by atoms with Crippen molar-refractivity contribution < 1.29 is 14.1 Å². The van der Waals surface area contributed by atoms with E-state index in [1.807, 2.05) is 6.07 Å². The topological polar surface area (TPSA) is 133 Å². The lowest BCUT2D eigenvalue weighted by Gasteiger charge is -2.09. The largest absolute Gasteiger partial charge is 0.457 e. The van der Waals surface area contributed by atoms with Gasteiger partial charge in [0.25, 0.3) is 11.6 Å². The summed E-state index contributed by atoms with van der Waals surface area (Å²) in [5.41, 5.74) is 2.31. The van der Waals surface area contributed by atoms with Crippen LogP contribution in [0, 0.1) is 39.7 Å². The number of carbonyl (C=O) groups is 1. The van der Waals surface area contributed by atoms with Crippen LogP contribution in [0.2, 0.25) is 0 Å². The van der Waals surface area contributed by atoms with Crippen molar-refractivity contribution in [2.45, 2.75) is 32.6 Å². The molecule has 0 radical (unpaired) electrons. The number of amides is 1. The lowest BCUT2D eigenvalue weighted by atomic mass is 9.96. The van der Waals surface area contributed by atoms with Crippen LogP contribution in [0.15, 0.2) is 40.3 Å². The SMILES string of the molecule is Cc1ccc(-c2ccc(/C=C(\C#N)C(=O)Nc3sc4c(c3C#N)CCCC4)o2)cc1[N+](=O)[O-]. The van der Waals surface area contributed by atoms with Crippen LogP contribution < -0.4 is 5.32 Å². The number of nitriles is 2. The molecule has 1 aliphatic carbocycles. The lowest BCUT2D eigenvalue weighted by Crippen LogP contribution is -2.13. The highest BCUT2D eigenvalue weighted by Crippen LogP contribution is 2.38. The van der Waals surface area contributed by atoms with Gasteiger partial charge in [-0.3, -0.25) is 14.9 Å². The van der Waals surface area contributed by atoms with Crippen LogP contribution in [-0.4, -0.2) is 10.8 Å². The number of anilines is 1. The number of nitro groups is 1. The van der Waals surface area contributed by atoms with Crippen LogP contribution >= 0.6 is 11.3 Å². The van der Waals surface area contributed by atoms with Gasteiger partial charge in [0, 0.05) is 28.1 Å². The van der Waals surface area contributed by atoms with Crippen molar-refractivity contribution in [3.8, 4) is 23.5 Å². The second-order valence-electron chi connectivity index (χ2n) is 7.61. The number of hydrogen-bond donors (Lipinski definition) is 1. The minimum atomic E-state index is -0.628. The van der Waals surface area contributed by atoms with Crippen molar-refractivity contribution in [1.29, 1.82) is 10.5 Å². The minimum absolute atomic E-state index is 0.0231. The Kier molecular flexibility index (Phi) is 6.07. The highest BCUT2D eigenvalue weighted by Gasteiger charge is 2.23.